The van der Waals surface area contributed by atoms with Crippen molar-refractivity contribution < 1.29 is 4.79 Å². The zero-order valence-electron chi connectivity index (χ0n) is 9.37. The van der Waals surface area contributed by atoms with E-state index in [9.17, 15) is 4.79 Å². The Labute approximate surface area is 90.1 Å². The number of likely N-dealkylation sites (N-methyl/N-ethyl adjacent to an activating group) is 1. The summed E-state index contributed by atoms with van der Waals surface area (Å²) in [6, 6.07) is 3.72. The van der Waals surface area contributed by atoms with Crippen molar-refractivity contribution in [2.75, 3.05) is 7.05 Å². The van der Waals surface area contributed by atoms with E-state index in [4.69, 9.17) is 0 Å². The van der Waals surface area contributed by atoms with E-state index >= 15 is 0 Å². The van der Waals surface area contributed by atoms with Gasteiger partial charge in [-0.2, -0.15) is 0 Å². The molecule has 0 fully saturated rings. The van der Waals surface area contributed by atoms with Gasteiger partial charge in [0.05, 0.1) is 6.04 Å². The van der Waals surface area contributed by atoms with Gasteiger partial charge >= 0.3 is 0 Å². The van der Waals surface area contributed by atoms with Crippen LogP contribution in [0.15, 0.2) is 18.3 Å². The number of carbonyl (C=O) groups excluding carboxylic acids is 1. The van der Waals surface area contributed by atoms with Crippen molar-refractivity contribution in [3.05, 3.63) is 29.6 Å². The molecule has 1 amide bonds. The fraction of sp³-hybridized carbons (Fsp3) is 0.455. The number of pyridine rings is 1. The minimum absolute atomic E-state index is 0.00320. The molecule has 0 radical (unpaired) electrons. The van der Waals surface area contributed by atoms with E-state index in [1.807, 2.05) is 26.0 Å². The van der Waals surface area contributed by atoms with Crippen molar-refractivity contribution in [2.45, 2.75) is 26.4 Å². The van der Waals surface area contributed by atoms with E-state index < -0.39 is 0 Å². The first kappa shape index (κ1) is 11.7. The van der Waals surface area contributed by atoms with Gasteiger partial charge in [0.1, 0.15) is 0 Å². The molecular formula is C11H17N3O. The van der Waals surface area contributed by atoms with Gasteiger partial charge in [0.15, 0.2) is 0 Å². The first-order valence-corrected chi connectivity index (χ1v) is 5.00. The third-order valence-electron chi connectivity index (χ3n) is 2.35. The zero-order valence-corrected chi connectivity index (χ0v) is 9.37. The van der Waals surface area contributed by atoms with Crippen molar-refractivity contribution >= 4 is 5.91 Å². The normalized spacial score (nSPS) is 12.2. The molecule has 82 valence electrons. The summed E-state index contributed by atoms with van der Waals surface area (Å²) in [5.41, 5.74) is 2.11. The maximum Gasteiger partial charge on any atom is 0.236 e. The lowest BCUT2D eigenvalue weighted by molar-refractivity contribution is -0.122. The lowest BCUT2D eigenvalue weighted by atomic mass is 10.2. The molecule has 1 aromatic heterocycles. The second kappa shape index (κ2) is 5.46. The molecule has 0 aliphatic heterocycles. The van der Waals surface area contributed by atoms with Crippen LogP contribution in [0.4, 0.5) is 0 Å². The Morgan fingerprint density at radius 2 is 2.33 bits per heavy atom. The van der Waals surface area contributed by atoms with Crippen LogP contribution >= 0.6 is 0 Å². The quantitative estimate of drug-likeness (QED) is 0.760. The van der Waals surface area contributed by atoms with Crippen molar-refractivity contribution in [2.24, 2.45) is 0 Å². The Morgan fingerprint density at radius 1 is 1.60 bits per heavy atom. The average Bonchev–Trinajstić information content (AvgIpc) is 2.26. The van der Waals surface area contributed by atoms with E-state index in [0.29, 0.717) is 6.54 Å². The van der Waals surface area contributed by atoms with E-state index in [0.717, 1.165) is 11.3 Å². The van der Waals surface area contributed by atoms with Crippen LogP contribution in [0.25, 0.3) is 0 Å². The van der Waals surface area contributed by atoms with Crippen LogP contribution < -0.4 is 10.6 Å². The number of aromatic nitrogens is 1. The van der Waals surface area contributed by atoms with E-state index in [2.05, 4.69) is 15.6 Å². The summed E-state index contributed by atoms with van der Waals surface area (Å²) >= 11 is 0. The van der Waals surface area contributed by atoms with Crippen LogP contribution in [0.1, 0.15) is 18.2 Å². The molecule has 0 bridgehead atoms. The second-order valence-corrected chi connectivity index (χ2v) is 3.46. The third kappa shape index (κ3) is 3.32. The molecule has 0 aliphatic rings. The van der Waals surface area contributed by atoms with Gasteiger partial charge in [0, 0.05) is 25.5 Å². The number of aryl methyl sites for hydroxylation is 1. The first-order chi connectivity index (χ1) is 7.15. The zero-order chi connectivity index (χ0) is 11.3. The van der Waals surface area contributed by atoms with Crippen LogP contribution in [0.3, 0.4) is 0 Å². The summed E-state index contributed by atoms with van der Waals surface area (Å²) < 4.78 is 0. The molecule has 1 rings (SSSR count). The third-order valence-corrected chi connectivity index (χ3v) is 2.35. The fourth-order valence-corrected chi connectivity index (χ4v) is 1.28. The van der Waals surface area contributed by atoms with Gasteiger partial charge in [-0.25, -0.2) is 0 Å². The Morgan fingerprint density at radius 3 is 2.93 bits per heavy atom. The SMILES string of the molecule is CNC(=O)[C@@H](C)NCc1cccnc1C. The highest BCUT2D eigenvalue weighted by Crippen LogP contribution is 2.03. The largest absolute Gasteiger partial charge is 0.358 e. The summed E-state index contributed by atoms with van der Waals surface area (Å²) in [4.78, 5) is 15.4. The van der Waals surface area contributed by atoms with Crippen molar-refractivity contribution in [1.82, 2.24) is 15.6 Å². The fourth-order valence-electron chi connectivity index (χ4n) is 1.28. The molecule has 1 atom stereocenters. The number of hydrogen-bond acceptors (Lipinski definition) is 3. The number of hydrogen-bond donors (Lipinski definition) is 2. The van der Waals surface area contributed by atoms with E-state index in [1.165, 1.54) is 0 Å². The smallest absolute Gasteiger partial charge is 0.236 e. The molecule has 1 heterocycles. The van der Waals surface area contributed by atoms with Gasteiger partial charge in [-0.05, 0) is 25.5 Å². The molecule has 1 aromatic rings. The van der Waals surface area contributed by atoms with E-state index in [-0.39, 0.29) is 11.9 Å². The predicted molar refractivity (Wildman–Crippen MR) is 59.3 cm³/mol. The number of amides is 1. The Balaban J connectivity index is 2.50. The van der Waals surface area contributed by atoms with Gasteiger partial charge in [0.2, 0.25) is 5.91 Å². The maximum atomic E-state index is 11.2. The summed E-state index contributed by atoms with van der Waals surface area (Å²) in [5, 5.41) is 5.74. The predicted octanol–water partition coefficient (Wildman–Crippen LogP) is 0.614. The minimum atomic E-state index is -0.186. The molecule has 0 aliphatic carbocycles. The monoisotopic (exact) mass is 207 g/mol. The topological polar surface area (TPSA) is 54.0 Å². The number of nitrogens with one attached hydrogen (secondary N) is 2. The van der Waals surface area contributed by atoms with Gasteiger partial charge in [-0.15, -0.1) is 0 Å². The molecule has 0 unspecified atom stereocenters. The van der Waals surface area contributed by atoms with Crippen LogP contribution in [-0.4, -0.2) is 24.0 Å². The van der Waals surface area contributed by atoms with Crippen molar-refractivity contribution in [3.63, 3.8) is 0 Å². The molecule has 15 heavy (non-hydrogen) atoms. The average molecular weight is 207 g/mol. The molecule has 2 N–H and O–H groups in total. The Hall–Kier alpha value is -1.42. The van der Waals surface area contributed by atoms with Crippen LogP contribution in [-0.2, 0) is 11.3 Å². The number of carbonyl (C=O) groups is 1. The van der Waals surface area contributed by atoms with Crippen molar-refractivity contribution in [3.8, 4) is 0 Å². The summed E-state index contributed by atoms with van der Waals surface area (Å²) in [6.07, 6.45) is 1.76. The molecular weight excluding hydrogens is 190 g/mol. The highest BCUT2D eigenvalue weighted by atomic mass is 16.2. The highest BCUT2D eigenvalue weighted by molar-refractivity contribution is 5.80. The van der Waals surface area contributed by atoms with Gasteiger partial charge in [-0.1, -0.05) is 6.07 Å². The second-order valence-electron chi connectivity index (χ2n) is 3.46. The van der Waals surface area contributed by atoms with Gasteiger partial charge in [0.25, 0.3) is 0 Å². The summed E-state index contributed by atoms with van der Waals surface area (Å²) in [7, 11) is 1.63. The van der Waals surface area contributed by atoms with Crippen LogP contribution in [0, 0.1) is 6.92 Å². The van der Waals surface area contributed by atoms with Crippen molar-refractivity contribution in [1.29, 1.82) is 0 Å². The number of rotatable bonds is 4. The Bertz CT molecular complexity index is 338. The maximum absolute atomic E-state index is 11.2. The summed E-state index contributed by atoms with van der Waals surface area (Å²) in [5.74, 6) is -0.00320. The molecule has 4 nitrogen and oxygen atoms in total. The van der Waals surface area contributed by atoms with Crippen LogP contribution in [0.5, 0.6) is 0 Å². The Kier molecular flexibility index (Phi) is 4.24. The van der Waals surface area contributed by atoms with E-state index in [1.54, 1.807) is 13.2 Å². The lowest BCUT2D eigenvalue weighted by Gasteiger charge is -2.12. The van der Waals surface area contributed by atoms with Crippen LogP contribution in [0.2, 0.25) is 0 Å². The molecule has 0 saturated heterocycles. The number of nitrogens with zero attached hydrogens (tertiary/aromatic N) is 1. The van der Waals surface area contributed by atoms with Gasteiger partial charge in [-0.3, -0.25) is 9.78 Å². The first-order valence-electron chi connectivity index (χ1n) is 5.00. The molecule has 0 saturated carbocycles. The lowest BCUT2D eigenvalue weighted by Crippen LogP contribution is -2.40. The minimum Gasteiger partial charge on any atom is -0.358 e. The molecule has 0 aromatic carbocycles. The highest BCUT2D eigenvalue weighted by Gasteiger charge is 2.09. The standard InChI is InChI=1S/C11H17N3O/c1-8-10(5-4-6-13-8)7-14-9(2)11(15)12-3/h4-6,9,14H,7H2,1-3H3,(H,12,15)/t9-/m1/s1. The summed E-state index contributed by atoms with van der Waals surface area (Å²) in [6.45, 7) is 4.46. The molecule has 4 heteroatoms. The van der Waals surface area contributed by atoms with Gasteiger partial charge < -0.3 is 10.6 Å². The molecule has 0 spiro atoms.